The zero-order chi connectivity index (χ0) is 34.8. The molecule has 0 radical (unpaired) electrons. The fraction of sp³-hybridized carbons (Fsp3) is 0.417. The molecule has 0 bridgehead atoms. The molecule has 11 nitrogen and oxygen atoms in total. The number of nitrogens with zero attached hydrogens (tertiary/aromatic N) is 4. The maximum atomic E-state index is 16.4. The highest BCUT2D eigenvalue weighted by Gasteiger charge is 2.67. The van der Waals surface area contributed by atoms with Gasteiger partial charge in [0.2, 0.25) is 20.2 Å². The number of rotatable bonds is 8. The smallest absolute Gasteiger partial charge is 0.269 e. The van der Waals surface area contributed by atoms with Crippen LogP contribution in [-0.2, 0) is 44.2 Å². The molecule has 3 amide bonds. The predicted molar refractivity (Wildman–Crippen MR) is 182 cm³/mol. The third-order valence-corrected chi connectivity index (χ3v) is 13.3. The maximum Gasteiger partial charge on any atom is 0.269 e. The largest absolute Gasteiger partial charge is 0.394 e. The van der Waals surface area contributed by atoms with Crippen LogP contribution >= 0.6 is 0 Å². The summed E-state index contributed by atoms with van der Waals surface area (Å²) in [7, 11) is -3.64. The van der Waals surface area contributed by atoms with E-state index in [2.05, 4.69) is 0 Å². The van der Waals surface area contributed by atoms with Crippen LogP contribution in [0.2, 0.25) is 18.6 Å². The summed E-state index contributed by atoms with van der Waals surface area (Å²) in [5, 5.41) is 22.2. The average Bonchev–Trinajstić information content (AvgIpc) is 3.49. The van der Waals surface area contributed by atoms with Crippen molar-refractivity contribution in [2.24, 2.45) is 5.92 Å². The summed E-state index contributed by atoms with van der Waals surface area (Å²) in [4.78, 5) is 57.2. The Morgan fingerprint density at radius 3 is 2.51 bits per heavy atom. The van der Waals surface area contributed by atoms with Crippen LogP contribution in [0.3, 0.4) is 0 Å². The van der Waals surface area contributed by atoms with E-state index >= 15 is 4.11 Å². The summed E-state index contributed by atoms with van der Waals surface area (Å²) < 4.78 is 23.2. The third kappa shape index (κ3) is 5.44. The molecule has 0 unspecified atom stereocenters. The number of nitro groups is 1. The first kappa shape index (κ1) is 33.1. The van der Waals surface area contributed by atoms with E-state index in [9.17, 15) is 29.6 Å². The van der Waals surface area contributed by atoms with Crippen molar-refractivity contribution in [3.63, 3.8) is 0 Å². The lowest BCUT2D eigenvalue weighted by atomic mass is 9.82. The fourth-order valence-electron chi connectivity index (χ4n) is 8.43. The van der Waals surface area contributed by atoms with E-state index in [0.717, 1.165) is 22.4 Å². The number of anilines is 2. The van der Waals surface area contributed by atoms with Crippen molar-refractivity contribution >= 4 is 43.2 Å². The standard InChI is InChI=1S/C36H39FN4O7Si/c1-22-34(49(2,3)37)31(18-33(44)39-20-25-9-5-4-8-24(25)16-28(39)21-42)48-36(22)29-17-27(41(46)47)11-12-30(29)40(35(36)45)19-23-7-6-10-26(15-23)38-14-13-32(38)43/h4-12,15,17,22,28,31,34,42H,13-14,16,18-21H2,1-3H3/t22-,28+,31+,34-,36+/m1/s1. The molecule has 1 spiro atoms. The molecule has 3 aromatic carbocycles. The van der Waals surface area contributed by atoms with E-state index in [1.54, 1.807) is 16.7 Å². The lowest BCUT2D eigenvalue weighted by Crippen LogP contribution is -2.48. The number of fused-ring (bicyclic) bond motifs is 3. The van der Waals surface area contributed by atoms with Crippen molar-refractivity contribution in [3.8, 4) is 0 Å². The molecule has 3 aromatic rings. The van der Waals surface area contributed by atoms with Gasteiger partial charge in [-0.05, 0) is 54.4 Å². The molecule has 0 aromatic heterocycles. The second kappa shape index (κ2) is 12.1. The second-order valence-electron chi connectivity index (χ2n) is 14.1. The van der Waals surface area contributed by atoms with Gasteiger partial charge in [-0.3, -0.25) is 24.5 Å². The number of aliphatic hydroxyl groups is 1. The highest BCUT2D eigenvalue weighted by Crippen LogP contribution is 2.60. The zero-order valence-electron chi connectivity index (χ0n) is 27.7. The van der Waals surface area contributed by atoms with E-state index in [0.29, 0.717) is 31.6 Å². The van der Waals surface area contributed by atoms with Crippen LogP contribution < -0.4 is 9.80 Å². The summed E-state index contributed by atoms with van der Waals surface area (Å²) in [6.45, 7) is 5.57. The Labute approximate surface area is 284 Å². The first-order valence-corrected chi connectivity index (χ1v) is 19.6. The molecule has 0 aliphatic carbocycles. The normalized spacial score (nSPS) is 26.2. The molecule has 5 atom stereocenters. The summed E-state index contributed by atoms with van der Waals surface area (Å²) in [6, 6.07) is 18.8. The Balaban J connectivity index is 1.25. The number of benzene rings is 3. The van der Waals surface area contributed by atoms with Crippen LogP contribution in [0.1, 0.15) is 42.0 Å². The SMILES string of the molecule is C[C@@H]1[C@@H]([Si](C)(C)F)[C@H](CC(=O)N2Cc3ccccc3C[C@H]2CO)O[C@@]12C(=O)N(Cc1cccc(N3CCC3=O)c1)c1ccc([N+](=O)[O-])cc12. The predicted octanol–water partition coefficient (Wildman–Crippen LogP) is 4.99. The topological polar surface area (TPSA) is 134 Å². The quantitative estimate of drug-likeness (QED) is 0.116. The Morgan fingerprint density at radius 1 is 1.10 bits per heavy atom. The number of aliphatic hydroxyl groups excluding tert-OH is 1. The summed E-state index contributed by atoms with van der Waals surface area (Å²) in [5.41, 5.74) is 1.41. The van der Waals surface area contributed by atoms with Gasteiger partial charge in [0.25, 0.3) is 11.6 Å². The molecule has 2 saturated heterocycles. The van der Waals surface area contributed by atoms with Crippen molar-refractivity contribution in [1.29, 1.82) is 0 Å². The molecule has 49 heavy (non-hydrogen) atoms. The number of carbonyl (C=O) groups excluding carboxylic acids is 3. The van der Waals surface area contributed by atoms with E-state index in [1.807, 2.05) is 48.5 Å². The molecule has 4 heterocycles. The van der Waals surface area contributed by atoms with Crippen LogP contribution in [0.4, 0.5) is 21.2 Å². The zero-order valence-corrected chi connectivity index (χ0v) is 28.7. The second-order valence-corrected chi connectivity index (χ2v) is 17.9. The Bertz CT molecular complexity index is 1870. The molecule has 13 heteroatoms. The van der Waals surface area contributed by atoms with Gasteiger partial charge in [-0.1, -0.05) is 43.3 Å². The van der Waals surface area contributed by atoms with Crippen LogP contribution in [0, 0.1) is 16.0 Å². The lowest BCUT2D eigenvalue weighted by molar-refractivity contribution is -0.385. The van der Waals surface area contributed by atoms with Gasteiger partial charge < -0.3 is 28.7 Å². The van der Waals surface area contributed by atoms with Gasteiger partial charge in [-0.2, -0.15) is 0 Å². The van der Waals surface area contributed by atoms with Crippen LogP contribution in [-0.4, -0.2) is 66.4 Å². The molecule has 1 N–H and O–H groups in total. The Hall–Kier alpha value is -4.46. The van der Waals surface area contributed by atoms with Crippen molar-refractivity contribution in [3.05, 3.63) is 99.1 Å². The average molecular weight is 687 g/mol. The Kier molecular flexibility index (Phi) is 8.19. The van der Waals surface area contributed by atoms with E-state index in [4.69, 9.17) is 4.74 Å². The number of carbonyl (C=O) groups is 3. The molecule has 0 saturated carbocycles. The summed E-state index contributed by atoms with van der Waals surface area (Å²) in [5.74, 6) is -1.52. The first-order valence-electron chi connectivity index (χ1n) is 16.7. The minimum absolute atomic E-state index is 0.0166. The van der Waals surface area contributed by atoms with Crippen molar-refractivity contribution in [2.75, 3.05) is 23.0 Å². The molecule has 4 aliphatic heterocycles. The number of amides is 3. The number of halogens is 1. The van der Waals surface area contributed by atoms with Crippen LogP contribution in [0.15, 0.2) is 66.7 Å². The van der Waals surface area contributed by atoms with Gasteiger partial charge in [0.1, 0.15) is 0 Å². The van der Waals surface area contributed by atoms with Crippen molar-refractivity contribution < 1.29 is 33.3 Å². The number of ether oxygens (including phenoxy) is 1. The summed E-state index contributed by atoms with van der Waals surface area (Å²) >= 11 is 0. The van der Waals surface area contributed by atoms with Crippen LogP contribution in [0.25, 0.3) is 0 Å². The van der Waals surface area contributed by atoms with E-state index < -0.39 is 48.4 Å². The Morgan fingerprint density at radius 2 is 1.86 bits per heavy atom. The van der Waals surface area contributed by atoms with Crippen LogP contribution in [0.5, 0.6) is 0 Å². The molecule has 7 rings (SSSR count). The summed E-state index contributed by atoms with van der Waals surface area (Å²) in [6.07, 6.45) is -0.236. The minimum Gasteiger partial charge on any atom is -0.394 e. The maximum absolute atomic E-state index is 16.4. The highest BCUT2D eigenvalue weighted by molar-refractivity contribution is 6.72. The van der Waals surface area contributed by atoms with Crippen molar-refractivity contribution in [1.82, 2.24) is 4.90 Å². The number of nitro benzene ring substituents is 1. The monoisotopic (exact) mass is 686 g/mol. The van der Waals surface area contributed by atoms with Gasteiger partial charge in [-0.25, -0.2) is 0 Å². The molecule has 4 aliphatic rings. The molecular weight excluding hydrogens is 648 g/mol. The van der Waals surface area contributed by atoms with Crippen molar-refractivity contribution in [2.45, 2.75) is 75.7 Å². The molecule has 2 fully saturated rings. The van der Waals surface area contributed by atoms with E-state index in [1.165, 1.54) is 36.2 Å². The van der Waals surface area contributed by atoms with Gasteiger partial charge >= 0.3 is 0 Å². The number of β-lactam (4-membered cyclic amide) rings is 1. The number of hydrogen-bond donors (Lipinski definition) is 1. The third-order valence-electron chi connectivity index (χ3n) is 10.8. The van der Waals surface area contributed by atoms with Gasteiger partial charge in [0.05, 0.1) is 42.3 Å². The lowest BCUT2D eigenvalue weighted by Gasteiger charge is -2.37. The fourth-order valence-corrected chi connectivity index (χ4v) is 10.9. The van der Waals surface area contributed by atoms with Gasteiger partial charge in [0, 0.05) is 54.4 Å². The van der Waals surface area contributed by atoms with E-state index in [-0.39, 0.29) is 42.6 Å². The van der Waals surface area contributed by atoms with Gasteiger partial charge in [0.15, 0.2) is 5.60 Å². The number of hydrogen-bond acceptors (Lipinski definition) is 7. The first-order chi connectivity index (χ1) is 23.3. The number of non-ortho nitro benzene ring substituents is 1. The molecule has 256 valence electrons. The minimum atomic E-state index is -3.64. The molecular formula is C36H39FN4O7Si. The highest BCUT2D eigenvalue weighted by atomic mass is 28.4. The van der Waals surface area contributed by atoms with Gasteiger partial charge in [-0.15, -0.1) is 0 Å².